The van der Waals surface area contributed by atoms with Crippen molar-refractivity contribution < 1.29 is 0 Å². The minimum Gasteiger partial charge on any atom is -0.304 e. The number of benzene rings is 2. The van der Waals surface area contributed by atoms with Crippen molar-refractivity contribution >= 4 is 34.2 Å². The summed E-state index contributed by atoms with van der Waals surface area (Å²) in [6.07, 6.45) is 0. The molecule has 2 rings (SSSR count). The van der Waals surface area contributed by atoms with Gasteiger partial charge in [-0.2, -0.15) is 0 Å². The summed E-state index contributed by atoms with van der Waals surface area (Å²) in [7, 11) is 0. The van der Waals surface area contributed by atoms with Crippen LogP contribution in [0.5, 0.6) is 0 Å². The fraction of sp³-hybridized carbons (Fsp3) is 0.250. The van der Waals surface area contributed by atoms with Crippen LogP contribution in [0.15, 0.2) is 48.5 Å². The molecule has 0 fully saturated rings. The highest BCUT2D eigenvalue weighted by Gasteiger charge is 2.11. The van der Waals surface area contributed by atoms with E-state index >= 15 is 0 Å². The van der Waals surface area contributed by atoms with Crippen LogP contribution in [0.1, 0.15) is 37.1 Å². The highest BCUT2D eigenvalue weighted by molar-refractivity contribution is 14.1. The van der Waals surface area contributed by atoms with E-state index in [1.54, 1.807) is 0 Å². The summed E-state index contributed by atoms with van der Waals surface area (Å²) >= 11 is 8.35. The molecule has 0 bridgehead atoms. The molecule has 3 heteroatoms. The van der Waals surface area contributed by atoms with Gasteiger partial charge < -0.3 is 5.32 Å². The first-order valence-electron chi connectivity index (χ1n) is 6.33. The molecule has 100 valence electrons. The third kappa shape index (κ3) is 4.20. The molecule has 19 heavy (non-hydrogen) atoms. The molecule has 0 aliphatic rings. The zero-order valence-electron chi connectivity index (χ0n) is 11.0. The van der Waals surface area contributed by atoms with Crippen LogP contribution in [-0.2, 0) is 0 Å². The Kier molecular flexibility index (Phi) is 5.25. The molecule has 1 nitrogen and oxygen atoms in total. The number of hydrogen-bond acceptors (Lipinski definition) is 1. The third-order valence-electron chi connectivity index (χ3n) is 3.22. The Bertz CT molecular complexity index is 539. The summed E-state index contributed by atoms with van der Waals surface area (Å²) in [5, 5.41) is 4.38. The predicted molar refractivity (Wildman–Crippen MR) is 90.6 cm³/mol. The van der Waals surface area contributed by atoms with Crippen LogP contribution < -0.4 is 5.32 Å². The van der Waals surface area contributed by atoms with Gasteiger partial charge in [0.1, 0.15) is 0 Å². The third-order valence-corrected chi connectivity index (χ3v) is 4.17. The van der Waals surface area contributed by atoms with Crippen LogP contribution in [0.3, 0.4) is 0 Å². The van der Waals surface area contributed by atoms with Crippen molar-refractivity contribution in [3.63, 3.8) is 0 Å². The van der Waals surface area contributed by atoms with Crippen molar-refractivity contribution in [3.05, 3.63) is 68.3 Å². The second-order valence-corrected chi connectivity index (χ2v) is 6.40. The minimum atomic E-state index is 0.271. The molecule has 2 aromatic carbocycles. The van der Waals surface area contributed by atoms with Gasteiger partial charge in [-0.1, -0.05) is 35.9 Å². The summed E-state index contributed by atoms with van der Waals surface area (Å²) in [6, 6.07) is 17.2. The van der Waals surface area contributed by atoms with E-state index in [1.807, 2.05) is 18.2 Å². The molecule has 1 unspecified atom stereocenters. The summed E-state index contributed by atoms with van der Waals surface area (Å²) in [5.41, 5.74) is 2.51. The van der Waals surface area contributed by atoms with Crippen molar-refractivity contribution in [1.29, 1.82) is 0 Å². The maximum Gasteiger partial charge on any atom is 0.0409 e. The molecule has 0 radical (unpaired) electrons. The van der Waals surface area contributed by atoms with Gasteiger partial charge in [0.2, 0.25) is 0 Å². The van der Waals surface area contributed by atoms with Crippen molar-refractivity contribution in [2.24, 2.45) is 0 Å². The Morgan fingerprint density at radius 2 is 1.58 bits per heavy atom. The molecule has 0 spiro atoms. The number of nitrogens with one attached hydrogen (secondary N) is 1. The van der Waals surface area contributed by atoms with Gasteiger partial charge in [-0.3, -0.25) is 0 Å². The smallest absolute Gasteiger partial charge is 0.0409 e. The zero-order chi connectivity index (χ0) is 13.8. The highest BCUT2D eigenvalue weighted by Crippen LogP contribution is 2.22. The fourth-order valence-corrected chi connectivity index (χ4v) is 2.65. The molecule has 1 N–H and O–H groups in total. The SMILES string of the molecule is CC(N[C@H](C)c1cccc(Cl)c1)c1ccc(I)cc1. The van der Waals surface area contributed by atoms with E-state index in [9.17, 15) is 0 Å². The maximum absolute atomic E-state index is 6.03. The summed E-state index contributed by atoms with van der Waals surface area (Å²) in [4.78, 5) is 0. The van der Waals surface area contributed by atoms with E-state index in [2.05, 4.69) is 72.1 Å². The Morgan fingerprint density at radius 1 is 0.947 bits per heavy atom. The van der Waals surface area contributed by atoms with Gasteiger partial charge >= 0.3 is 0 Å². The average Bonchev–Trinajstić information content (AvgIpc) is 2.39. The average molecular weight is 386 g/mol. The molecule has 0 aromatic heterocycles. The molecule has 0 amide bonds. The molecule has 2 atom stereocenters. The van der Waals surface area contributed by atoms with E-state index in [4.69, 9.17) is 11.6 Å². The minimum absolute atomic E-state index is 0.271. The molecule has 0 saturated heterocycles. The van der Waals surface area contributed by atoms with Gasteiger partial charge in [0.15, 0.2) is 0 Å². The monoisotopic (exact) mass is 385 g/mol. The van der Waals surface area contributed by atoms with E-state index in [0.29, 0.717) is 6.04 Å². The van der Waals surface area contributed by atoms with Gasteiger partial charge in [0, 0.05) is 20.7 Å². The molecule has 0 heterocycles. The quantitative estimate of drug-likeness (QED) is 0.699. The normalized spacial score (nSPS) is 14.1. The molecule has 0 aliphatic heterocycles. The molecule has 2 aromatic rings. The zero-order valence-corrected chi connectivity index (χ0v) is 13.9. The van der Waals surface area contributed by atoms with E-state index < -0.39 is 0 Å². The molecule has 0 aliphatic carbocycles. The van der Waals surface area contributed by atoms with Crippen LogP contribution in [0.2, 0.25) is 5.02 Å². The number of rotatable bonds is 4. The molecular weight excluding hydrogens is 369 g/mol. The van der Waals surface area contributed by atoms with Crippen LogP contribution >= 0.6 is 34.2 Å². The van der Waals surface area contributed by atoms with E-state index in [-0.39, 0.29) is 6.04 Å². The standard InChI is InChI=1S/C16H17ClIN/c1-11(13-6-8-16(18)9-7-13)19-12(2)14-4-3-5-15(17)10-14/h3-12,19H,1-2H3/t11?,12-/m1/s1. The Labute approximate surface area is 133 Å². The lowest BCUT2D eigenvalue weighted by molar-refractivity contribution is 0.494. The Hall–Kier alpha value is -0.580. The van der Waals surface area contributed by atoms with Crippen molar-refractivity contribution in [2.75, 3.05) is 0 Å². The summed E-state index contributed by atoms with van der Waals surface area (Å²) in [6.45, 7) is 4.35. The lowest BCUT2D eigenvalue weighted by Gasteiger charge is -2.21. The van der Waals surface area contributed by atoms with Crippen LogP contribution in [0.25, 0.3) is 0 Å². The highest BCUT2D eigenvalue weighted by atomic mass is 127. The maximum atomic E-state index is 6.03. The lowest BCUT2D eigenvalue weighted by Crippen LogP contribution is -2.22. The van der Waals surface area contributed by atoms with Crippen molar-refractivity contribution in [3.8, 4) is 0 Å². The van der Waals surface area contributed by atoms with Gasteiger partial charge in [-0.15, -0.1) is 0 Å². The van der Waals surface area contributed by atoms with Gasteiger partial charge in [-0.25, -0.2) is 0 Å². The number of halogens is 2. The first kappa shape index (κ1) is 14.8. The molecular formula is C16H17ClIN. The topological polar surface area (TPSA) is 12.0 Å². The Balaban J connectivity index is 2.06. The van der Waals surface area contributed by atoms with E-state index in [0.717, 1.165) is 5.02 Å². The first-order valence-corrected chi connectivity index (χ1v) is 7.79. The lowest BCUT2D eigenvalue weighted by atomic mass is 10.0. The van der Waals surface area contributed by atoms with Gasteiger partial charge in [0.25, 0.3) is 0 Å². The second kappa shape index (κ2) is 6.73. The van der Waals surface area contributed by atoms with Crippen LogP contribution in [0.4, 0.5) is 0 Å². The largest absolute Gasteiger partial charge is 0.304 e. The fourth-order valence-electron chi connectivity index (χ4n) is 2.09. The van der Waals surface area contributed by atoms with Gasteiger partial charge in [-0.05, 0) is 71.8 Å². The predicted octanol–water partition coefficient (Wildman–Crippen LogP) is 5.36. The van der Waals surface area contributed by atoms with Crippen LogP contribution in [-0.4, -0.2) is 0 Å². The second-order valence-electron chi connectivity index (χ2n) is 4.72. The van der Waals surface area contributed by atoms with Crippen LogP contribution in [0, 0.1) is 3.57 Å². The van der Waals surface area contributed by atoms with Crippen molar-refractivity contribution in [1.82, 2.24) is 5.32 Å². The number of hydrogen-bond donors (Lipinski definition) is 1. The summed E-state index contributed by atoms with van der Waals surface area (Å²) < 4.78 is 1.26. The molecule has 0 saturated carbocycles. The first-order chi connectivity index (χ1) is 9.06. The van der Waals surface area contributed by atoms with Gasteiger partial charge in [0.05, 0.1) is 0 Å². The Morgan fingerprint density at radius 3 is 2.21 bits per heavy atom. The van der Waals surface area contributed by atoms with E-state index in [1.165, 1.54) is 14.7 Å². The summed E-state index contributed by atoms with van der Waals surface area (Å²) in [5.74, 6) is 0. The van der Waals surface area contributed by atoms with Crippen molar-refractivity contribution in [2.45, 2.75) is 25.9 Å².